The van der Waals surface area contributed by atoms with Gasteiger partial charge in [0.25, 0.3) is 0 Å². The van der Waals surface area contributed by atoms with Crippen molar-refractivity contribution in [1.29, 1.82) is 0 Å². The van der Waals surface area contributed by atoms with Gasteiger partial charge in [-0.25, -0.2) is 23.2 Å². The van der Waals surface area contributed by atoms with E-state index in [9.17, 15) is 26.4 Å². The van der Waals surface area contributed by atoms with Gasteiger partial charge in [-0.1, -0.05) is 0 Å². The van der Waals surface area contributed by atoms with Gasteiger partial charge in [0.05, 0.1) is 11.4 Å². The Balaban J connectivity index is 1.43. The van der Waals surface area contributed by atoms with Crippen molar-refractivity contribution in [2.45, 2.75) is 49.4 Å². The molecule has 1 saturated heterocycles. The number of nitrogens with zero attached hydrogens (tertiary/aromatic N) is 4. The van der Waals surface area contributed by atoms with Crippen molar-refractivity contribution in [3.63, 3.8) is 0 Å². The van der Waals surface area contributed by atoms with Gasteiger partial charge >= 0.3 is 12.3 Å². The van der Waals surface area contributed by atoms with E-state index in [0.717, 1.165) is 20.1 Å². The Morgan fingerprint density at radius 1 is 1.11 bits per heavy atom. The summed E-state index contributed by atoms with van der Waals surface area (Å²) < 4.78 is 73.3. The molecule has 0 atom stereocenters. The van der Waals surface area contributed by atoms with Gasteiger partial charge in [-0.05, 0) is 51.0 Å². The lowest BCUT2D eigenvalue weighted by atomic mass is 10.0. The van der Waals surface area contributed by atoms with E-state index in [-0.39, 0.29) is 24.0 Å². The quantitative estimate of drug-likeness (QED) is 0.602. The molecule has 4 rings (SSSR count). The first kappa shape index (κ1) is 26.8. The molecule has 14 heteroatoms. The molecule has 2 aromatic rings. The number of carbonyl (C=O) groups excluding carboxylic acids is 1. The molecule has 10 nitrogen and oxygen atoms in total. The Labute approximate surface area is 212 Å². The Hall–Kier alpha value is -3.29. The standard InChI is InChI=1S/C23H28F3N5O5S/c1-22(2,23(24,25)26)36-21(32)30-10-8-16(9-11-30)31-12-13-35-18-19(27-14-28-20(18)31)29-15-4-6-17(7-5-15)37(3,33)34/h4-7,14,16H,8-13H2,1-3H3,(H,27,28,29). The topological polar surface area (TPSA) is 114 Å². The normalized spacial score (nSPS) is 17.1. The molecule has 0 bridgehead atoms. The molecule has 0 saturated carbocycles. The summed E-state index contributed by atoms with van der Waals surface area (Å²) in [5.74, 6) is 1.42. The van der Waals surface area contributed by atoms with Gasteiger partial charge in [-0.2, -0.15) is 13.2 Å². The number of alkyl halides is 3. The van der Waals surface area contributed by atoms with Gasteiger partial charge in [0.1, 0.15) is 12.9 Å². The van der Waals surface area contributed by atoms with Crippen molar-refractivity contribution >= 4 is 33.3 Å². The van der Waals surface area contributed by atoms with Gasteiger partial charge in [0, 0.05) is 31.1 Å². The molecule has 2 aliphatic rings. The lowest BCUT2D eigenvalue weighted by Gasteiger charge is -2.41. The van der Waals surface area contributed by atoms with Crippen LogP contribution in [0.2, 0.25) is 0 Å². The summed E-state index contributed by atoms with van der Waals surface area (Å²) in [6.45, 7) is 3.05. The summed E-state index contributed by atoms with van der Waals surface area (Å²) in [6.07, 6.45) is -2.10. The number of sulfone groups is 1. The maximum absolute atomic E-state index is 13.1. The number of piperidine rings is 1. The largest absolute Gasteiger partial charge is 0.485 e. The minimum absolute atomic E-state index is 0.0147. The average molecular weight is 544 g/mol. The molecule has 1 fully saturated rings. The molecule has 202 valence electrons. The van der Waals surface area contributed by atoms with Crippen LogP contribution in [-0.2, 0) is 14.6 Å². The number of amides is 1. The monoisotopic (exact) mass is 543 g/mol. The number of hydrogen-bond acceptors (Lipinski definition) is 9. The van der Waals surface area contributed by atoms with Crippen LogP contribution in [0, 0.1) is 0 Å². The number of fused-ring (bicyclic) bond motifs is 1. The fraction of sp³-hybridized carbons (Fsp3) is 0.522. The van der Waals surface area contributed by atoms with Crippen LogP contribution in [-0.4, -0.2) is 79.7 Å². The highest BCUT2D eigenvalue weighted by Gasteiger charge is 2.51. The number of halogens is 3. The van der Waals surface area contributed by atoms with Crippen molar-refractivity contribution in [3.05, 3.63) is 30.6 Å². The zero-order chi connectivity index (χ0) is 27.0. The second-order valence-corrected chi connectivity index (χ2v) is 11.4. The average Bonchev–Trinajstić information content (AvgIpc) is 2.83. The minimum atomic E-state index is -4.67. The molecule has 2 aliphatic heterocycles. The number of nitrogens with one attached hydrogen (secondary N) is 1. The van der Waals surface area contributed by atoms with Crippen LogP contribution in [0.5, 0.6) is 5.75 Å². The molecule has 3 heterocycles. The van der Waals surface area contributed by atoms with Crippen LogP contribution >= 0.6 is 0 Å². The number of anilines is 3. The smallest absolute Gasteiger partial charge is 0.427 e. The number of hydrogen-bond donors (Lipinski definition) is 1. The molecule has 1 aromatic heterocycles. The van der Waals surface area contributed by atoms with E-state index in [1.807, 2.05) is 0 Å². The van der Waals surface area contributed by atoms with E-state index >= 15 is 0 Å². The maximum Gasteiger partial charge on any atom is 0.427 e. The number of benzene rings is 1. The number of carbonyl (C=O) groups is 1. The molecule has 0 radical (unpaired) electrons. The van der Waals surface area contributed by atoms with Crippen molar-refractivity contribution in [1.82, 2.24) is 14.9 Å². The molecule has 37 heavy (non-hydrogen) atoms. The Morgan fingerprint density at radius 2 is 1.76 bits per heavy atom. The lowest BCUT2D eigenvalue weighted by Crippen LogP contribution is -2.52. The first-order chi connectivity index (χ1) is 17.3. The fourth-order valence-corrected chi connectivity index (χ4v) is 4.75. The number of ether oxygens (including phenoxy) is 2. The highest BCUT2D eigenvalue weighted by Crippen LogP contribution is 2.39. The van der Waals surface area contributed by atoms with E-state index in [4.69, 9.17) is 9.47 Å². The summed E-state index contributed by atoms with van der Waals surface area (Å²) in [4.78, 5) is 24.6. The van der Waals surface area contributed by atoms with Crippen LogP contribution in [0.4, 0.5) is 35.3 Å². The SMILES string of the molecule is CC(C)(OC(=O)N1CCC(N2CCOc3c(Nc4ccc(S(C)(=O)=O)cc4)ncnc32)CC1)C(F)(F)F. The fourth-order valence-electron chi connectivity index (χ4n) is 4.12. The molecular formula is C23H28F3N5O5S. The minimum Gasteiger partial charge on any atom is -0.485 e. The third kappa shape index (κ3) is 5.84. The Kier molecular flexibility index (Phi) is 7.14. The maximum atomic E-state index is 13.1. The van der Waals surface area contributed by atoms with Gasteiger partial charge in [0.2, 0.25) is 11.4 Å². The molecular weight excluding hydrogens is 515 g/mol. The van der Waals surface area contributed by atoms with Gasteiger partial charge in [0.15, 0.2) is 21.5 Å². The van der Waals surface area contributed by atoms with Gasteiger partial charge in [-0.15, -0.1) is 0 Å². The highest BCUT2D eigenvalue weighted by atomic mass is 32.2. The highest BCUT2D eigenvalue weighted by molar-refractivity contribution is 7.90. The van der Waals surface area contributed by atoms with Crippen molar-refractivity contribution in [2.75, 3.05) is 42.7 Å². The van der Waals surface area contributed by atoms with E-state index in [0.29, 0.717) is 49.1 Å². The molecule has 0 aliphatic carbocycles. The number of rotatable bonds is 5. The molecule has 0 unspecified atom stereocenters. The first-order valence-corrected chi connectivity index (χ1v) is 13.5. The van der Waals surface area contributed by atoms with Crippen molar-refractivity contribution < 1.29 is 35.9 Å². The zero-order valence-electron chi connectivity index (χ0n) is 20.6. The van der Waals surface area contributed by atoms with E-state index in [2.05, 4.69) is 20.2 Å². The van der Waals surface area contributed by atoms with Crippen LogP contribution in [0.3, 0.4) is 0 Å². The zero-order valence-corrected chi connectivity index (χ0v) is 21.4. The Bertz CT molecular complexity index is 1250. The Morgan fingerprint density at radius 3 is 2.35 bits per heavy atom. The van der Waals surface area contributed by atoms with Gasteiger partial charge < -0.3 is 24.6 Å². The third-order valence-corrected chi connectivity index (χ3v) is 7.50. The lowest BCUT2D eigenvalue weighted by molar-refractivity contribution is -0.246. The summed E-state index contributed by atoms with van der Waals surface area (Å²) in [5.41, 5.74) is -1.96. The van der Waals surface area contributed by atoms with Crippen LogP contribution < -0.4 is 15.0 Å². The summed E-state index contributed by atoms with van der Waals surface area (Å²) in [7, 11) is -3.32. The summed E-state index contributed by atoms with van der Waals surface area (Å²) >= 11 is 0. The predicted molar refractivity (Wildman–Crippen MR) is 129 cm³/mol. The summed E-state index contributed by atoms with van der Waals surface area (Å²) in [5, 5.41) is 3.13. The predicted octanol–water partition coefficient (Wildman–Crippen LogP) is 3.76. The first-order valence-electron chi connectivity index (χ1n) is 11.6. The van der Waals surface area contributed by atoms with Crippen LogP contribution in [0.15, 0.2) is 35.5 Å². The number of aromatic nitrogens is 2. The van der Waals surface area contributed by atoms with E-state index in [1.54, 1.807) is 12.1 Å². The van der Waals surface area contributed by atoms with E-state index in [1.165, 1.54) is 23.4 Å². The van der Waals surface area contributed by atoms with Crippen molar-refractivity contribution in [2.24, 2.45) is 0 Å². The van der Waals surface area contributed by atoms with Crippen molar-refractivity contribution in [3.8, 4) is 5.75 Å². The second kappa shape index (κ2) is 9.88. The van der Waals surface area contributed by atoms with Gasteiger partial charge in [-0.3, -0.25) is 0 Å². The molecule has 1 N–H and O–H groups in total. The van der Waals surface area contributed by atoms with E-state index < -0.39 is 27.7 Å². The third-order valence-electron chi connectivity index (χ3n) is 6.37. The second-order valence-electron chi connectivity index (χ2n) is 9.43. The van der Waals surface area contributed by atoms with Crippen LogP contribution in [0.1, 0.15) is 26.7 Å². The molecule has 1 amide bonds. The van der Waals surface area contributed by atoms with Crippen LogP contribution in [0.25, 0.3) is 0 Å². The number of likely N-dealkylation sites (tertiary alicyclic amines) is 1. The molecule has 1 aromatic carbocycles. The summed E-state index contributed by atoms with van der Waals surface area (Å²) in [6, 6.07) is 6.22. The molecule has 0 spiro atoms.